The van der Waals surface area contributed by atoms with Crippen LogP contribution in [0.2, 0.25) is 0 Å². The topological polar surface area (TPSA) is 86.0 Å². The van der Waals surface area contributed by atoms with Gasteiger partial charge in [-0.05, 0) is 31.0 Å². The number of phenols is 1. The number of benzene rings is 1. The van der Waals surface area contributed by atoms with E-state index in [1.54, 1.807) is 6.07 Å². The first-order valence-corrected chi connectivity index (χ1v) is 7.66. The van der Waals surface area contributed by atoms with Gasteiger partial charge in [0.05, 0.1) is 0 Å². The SMILES string of the molecule is CCCC(=O)OC(CCC)Oc1cc2ccc(O)cc2oc1=O. The molecule has 0 spiro atoms. The molecule has 0 aliphatic heterocycles. The molecule has 1 unspecified atom stereocenters. The number of phenolic OH excluding ortho intramolecular Hbond substituents is 1. The van der Waals surface area contributed by atoms with E-state index in [1.165, 1.54) is 18.2 Å². The maximum atomic E-state index is 12.0. The summed E-state index contributed by atoms with van der Waals surface area (Å²) in [6.07, 6.45) is 1.37. The standard InChI is InChI=1S/C17H20O6/c1-3-5-15(19)23-16(6-4-2)21-14-9-11-7-8-12(18)10-13(11)22-17(14)20/h7-10,16,18H,3-6H2,1-2H3. The Bertz CT molecular complexity index is 733. The van der Waals surface area contributed by atoms with Crippen LogP contribution in [0.4, 0.5) is 0 Å². The Hall–Kier alpha value is -2.50. The van der Waals surface area contributed by atoms with Gasteiger partial charge < -0.3 is 19.0 Å². The first-order valence-electron chi connectivity index (χ1n) is 7.66. The molecule has 0 saturated carbocycles. The van der Waals surface area contributed by atoms with Crippen LogP contribution < -0.4 is 10.4 Å². The summed E-state index contributed by atoms with van der Waals surface area (Å²) in [5, 5.41) is 10.0. The second-order valence-corrected chi connectivity index (χ2v) is 5.20. The summed E-state index contributed by atoms with van der Waals surface area (Å²) < 4.78 is 15.9. The number of carbonyl (C=O) groups is 1. The average Bonchev–Trinajstić information content (AvgIpc) is 2.48. The zero-order valence-electron chi connectivity index (χ0n) is 13.2. The van der Waals surface area contributed by atoms with Gasteiger partial charge in [-0.3, -0.25) is 4.79 Å². The molecular weight excluding hydrogens is 300 g/mol. The van der Waals surface area contributed by atoms with E-state index in [2.05, 4.69) is 0 Å². The normalized spacial score (nSPS) is 12.1. The van der Waals surface area contributed by atoms with Crippen LogP contribution in [-0.4, -0.2) is 17.4 Å². The van der Waals surface area contributed by atoms with Crippen molar-refractivity contribution >= 4 is 16.9 Å². The van der Waals surface area contributed by atoms with Crippen LogP contribution in [0, 0.1) is 0 Å². The van der Waals surface area contributed by atoms with Gasteiger partial charge in [0, 0.05) is 24.3 Å². The van der Waals surface area contributed by atoms with Crippen LogP contribution in [0.15, 0.2) is 33.5 Å². The molecule has 2 aromatic rings. The van der Waals surface area contributed by atoms with Crippen LogP contribution in [0.1, 0.15) is 39.5 Å². The highest BCUT2D eigenvalue weighted by Crippen LogP contribution is 2.22. The second-order valence-electron chi connectivity index (χ2n) is 5.20. The van der Waals surface area contributed by atoms with Gasteiger partial charge >= 0.3 is 11.6 Å². The predicted octanol–water partition coefficient (Wildman–Crippen LogP) is 3.35. The lowest BCUT2D eigenvalue weighted by atomic mass is 10.2. The molecule has 1 heterocycles. The van der Waals surface area contributed by atoms with Crippen LogP contribution in [0.5, 0.6) is 11.5 Å². The predicted molar refractivity (Wildman–Crippen MR) is 84.5 cm³/mol. The lowest BCUT2D eigenvalue weighted by Crippen LogP contribution is -2.26. The number of rotatable bonds is 7. The molecule has 0 aliphatic rings. The highest BCUT2D eigenvalue weighted by Gasteiger charge is 2.17. The van der Waals surface area contributed by atoms with Crippen molar-refractivity contribution in [3.8, 4) is 11.5 Å². The fourth-order valence-electron chi connectivity index (χ4n) is 2.09. The van der Waals surface area contributed by atoms with Crippen molar-refractivity contribution in [1.29, 1.82) is 0 Å². The molecular formula is C17H20O6. The molecule has 124 valence electrons. The lowest BCUT2D eigenvalue weighted by Gasteiger charge is -2.18. The Morgan fingerprint density at radius 3 is 2.74 bits per heavy atom. The van der Waals surface area contributed by atoms with E-state index < -0.39 is 11.9 Å². The van der Waals surface area contributed by atoms with Gasteiger partial charge in [0.1, 0.15) is 11.3 Å². The molecule has 2 rings (SSSR count). The first kappa shape index (κ1) is 16.9. The van der Waals surface area contributed by atoms with E-state index >= 15 is 0 Å². The van der Waals surface area contributed by atoms with E-state index in [0.29, 0.717) is 24.6 Å². The van der Waals surface area contributed by atoms with Crippen LogP contribution >= 0.6 is 0 Å². The number of hydrogen-bond acceptors (Lipinski definition) is 6. The third kappa shape index (κ3) is 4.48. The van der Waals surface area contributed by atoms with Crippen LogP contribution in [0.3, 0.4) is 0 Å². The minimum absolute atomic E-state index is 0.00618. The molecule has 1 N–H and O–H groups in total. The molecule has 6 heteroatoms. The van der Waals surface area contributed by atoms with Crippen molar-refractivity contribution in [3.05, 3.63) is 34.7 Å². The van der Waals surface area contributed by atoms with E-state index in [-0.39, 0.29) is 23.1 Å². The Morgan fingerprint density at radius 1 is 1.26 bits per heavy atom. The lowest BCUT2D eigenvalue weighted by molar-refractivity contribution is -0.164. The van der Waals surface area contributed by atoms with Crippen LogP contribution in [0.25, 0.3) is 11.0 Å². The molecule has 0 aliphatic carbocycles. The summed E-state index contributed by atoms with van der Waals surface area (Å²) in [6, 6.07) is 5.96. The Labute approximate surface area is 133 Å². The summed E-state index contributed by atoms with van der Waals surface area (Å²) in [5.41, 5.74) is -0.423. The molecule has 0 bridgehead atoms. The van der Waals surface area contributed by atoms with Crippen molar-refractivity contribution < 1.29 is 23.8 Å². The Balaban J connectivity index is 2.23. The zero-order valence-corrected chi connectivity index (χ0v) is 13.2. The number of esters is 1. The third-order valence-corrected chi connectivity index (χ3v) is 3.19. The Kier molecular flexibility index (Phi) is 5.62. The van der Waals surface area contributed by atoms with Crippen molar-refractivity contribution in [1.82, 2.24) is 0 Å². The molecule has 6 nitrogen and oxygen atoms in total. The van der Waals surface area contributed by atoms with Crippen molar-refractivity contribution in [2.75, 3.05) is 0 Å². The number of aromatic hydroxyl groups is 1. The summed E-state index contributed by atoms with van der Waals surface area (Å²) in [5.74, 6) is -0.376. The van der Waals surface area contributed by atoms with Crippen molar-refractivity contribution in [3.63, 3.8) is 0 Å². The second kappa shape index (κ2) is 7.67. The highest BCUT2D eigenvalue weighted by molar-refractivity contribution is 5.79. The van der Waals surface area contributed by atoms with Crippen molar-refractivity contribution in [2.45, 2.75) is 45.8 Å². The number of fused-ring (bicyclic) bond motifs is 1. The van der Waals surface area contributed by atoms with E-state index in [4.69, 9.17) is 13.9 Å². The molecule has 23 heavy (non-hydrogen) atoms. The van der Waals surface area contributed by atoms with Crippen LogP contribution in [-0.2, 0) is 9.53 Å². The van der Waals surface area contributed by atoms with Gasteiger partial charge in [-0.15, -0.1) is 0 Å². The zero-order chi connectivity index (χ0) is 16.8. The average molecular weight is 320 g/mol. The largest absolute Gasteiger partial charge is 0.508 e. The van der Waals surface area contributed by atoms with Gasteiger partial charge in [0.25, 0.3) is 0 Å². The van der Waals surface area contributed by atoms with Gasteiger partial charge in [0.15, 0.2) is 0 Å². The first-order chi connectivity index (χ1) is 11.0. The smallest absolute Gasteiger partial charge is 0.379 e. The minimum atomic E-state index is -0.823. The van der Waals surface area contributed by atoms with E-state index in [1.807, 2.05) is 13.8 Å². The monoisotopic (exact) mass is 320 g/mol. The molecule has 0 radical (unpaired) electrons. The fourth-order valence-corrected chi connectivity index (χ4v) is 2.09. The minimum Gasteiger partial charge on any atom is -0.508 e. The molecule has 0 fully saturated rings. The summed E-state index contributed by atoms with van der Waals surface area (Å²) in [7, 11) is 0. The van der Waals surface area contributed by atoms with Gasteiger partial charge in [-0.1, -0.05) is 13.8 Å². The van der Waals surface area contributed by atoms with Crippen molar-refractivity contribution in [2.24, 2.45) is 0 Å². The Morgan fingerprint density at radius 2 is 2.04 bits per heavy atom. The number of hydrogen-bond donors (Lipinski definition) is 1. The maximum absolute atomic E-state index is 12.0. The summed E-state index contributed by atoms with van der Waals surface area (Å²) >= 11 is 0. The van der Waals surface area contributed by atoms with E-state index in [0.717, 1.165) is 6.42 Å². The number of ether oxygens (including phenoxy) is 2. The maximum Gasteiger partial charge on any atom is 0.379 e. The van der Waals surface area contributed by atoms with Gasteiger partial charge in [0.2, 0.25) is 12.0 Å². The summed E-state index contributed by atoms with van der Waals surface area (Å²) in [6.45, 7) is 3.81. The molecule has 1 aromatic carbocycles. The molecule has 0 amide bonds. The number of carbonyl (C=O) groups excluding carboxylic acids is 1. The fraction of sp³-hybridized carbons (Fsp3) is 0.412. The van der Waals surface area contributed by atoms with Gasteiger partial charge in [-0.25, -0.2) is 4.79 Å². The quantitative estimate of drug-likeness (QED) is 0.478. The third-order valence-electron chi connectivity index (χ3n) is 3.19. The van der Waals surface area contributed by atoms with Gasteiger partial charge in [-0.2, -0.15) is 0 Å². The highest BCUT2D eigenvalue weighted by atomic mass is 16.7. The van der Waals surface area contributed by atoms with E-state index in [9.17, 15) is 14.7 Å². The summed E-state index contributed by atoms with van der Waals surface area (Å²) in [4.78, 5) is 23.6. The molecule has 1 atom stereocenters. The molecule has 1 aromatic heterocycles. The molecule has 0 saturated heterocycles.